The maximum atomic E-state index is 12.5. The summed E-state index contributed by atoms with van der Waals surface area (Å²) in [6.07, 6.45) is -7.55. The molecule has 4 rings (SSSR count). The van der Waals surface area contributed by atoms with E-state index in [9.17, 15) is 45.3 Å². The van der Waals surface area contributed by atoms with Gasteiger partial charge in [0.1, 0.15) is 24.1 Å². The second kappa shape index (κ2) is 11.0. The number of carbonyl (C=O) groups excluding carboxylic acids is 1. The summed E-state index contributed by atoms with van der Waals surface area (Å²) in [5.74, 6) is -4.43. The number of aromatic hydroxyl groups is 1. The number of aliphatic hydroxyl groups is 5. The molecule has 3 aliphatic rings. The molecule has 2 fully saturated rings. The summed E-state index contributed by atoms with van der Waals surface area (Å²) in [6, 6.07) is 5.90. The molecule has 0 amide bonds. The van der Waals surface area contributed by atoms with E-state index in [-0.39, 0.29) is 17.7 Å². The highest BCUT2D eigenvalue weighted by atomic mass is 16.8. The third-order valence-corrected chi connectivity index (χ3v) is 7.02. The number of hydrogen-bond acceptors (Lipinski definition) is 12. The number of esters is 1. The molecule has 208 valence electrons. The van der Waals surface area contributed by atoms with Crippen LogP contribution in [0.1, 0.15) is 18.9 Å². The van der Waals surface area contributed by atoms with Gasteiger partial charge in [0, 0.05) is 18.4 Å². The van der Waals surface area contributed by atoms with E-state index in [4.69, 9.17) is 18.9 Å². The van der Waals surface area contributed by atoms with Gasteiger partial charge < -0.3 is 54.7 Å². The summed E-state index contributed by atoms with van der Waals surface area (Å²) >= 11 is 0. The Morgan fingerprint density at radius 1 is 1.13 bits per heavy atom. The first-order chi connectivity index (χ1) is 17.9. The molecule has 13 nitrogen and oxygen atoms in total. The van der Waals surface area contributed by atoms with E-state index in [2.05, 4.69) is 0 Å². The molecule has 1 aromatic carbocycles. The Morgan fingerprint density at radius 2 is 1.82 bits per heavy atom. The van der Waals surface area contributed by atoms with E-state index in [1.54, 1.807) is 0 Å². The number of carboxylic acids is 1. The normalized spacial score (nSPS) is 38.8. The van der Waals surface area contributed by atoms with Gasteiger partial charge in [-0.15, -0.1) is 0 Å². The van der Waals surface area contributed by atoms with Crippen LogP contribution in [0, 0.1) is 11.8 Å². The minimum absolute atomic E-state index is 0.0332. The van der Waals surface area contributed by atoms with Crippen LogP contribution in [0.15, 0.2) is 42.2 Å². The van der Waals surface area contributed by atoms with Gasteiger partial charge in [0.05, 0.1) is 36.1 Å². The third-order valence-electron chi connectivity index (χ3n) is 7.02. The van der Waals surface area contributed by atoms with Gasteiger partial charge in [0.2, 0.25) is 12.6 Å². The molecule has 2 heterocycles. The quantitative estimate of drug-likeness (QED) is 0.161. The van der Waals surface area contributed by atoms with Crippen LogP contribution in [-0.4, -0.2) is 103 Å². The number of carbonyl (C=O) groups is 2. The SMILES string of the molecule is CC1(O)CC(O)C2C(C(=O)O)=COC(OC3OC(CO)C(O)C(O)C3OC(=O)C=Cc3ccc(O)cc3)C21. The Kier molecular flexibility index (Phi) is 8.09. The smallest absolute Gasteiger partial charge is 0.335 e. The molecule has 1 saturated heterocycles. The Morgan fingerprint density at radius 3 is 2.45 bits per heavy atom. The molecule has 1 aromatic rings. The van der Waals surface area contributed by atoms with Gasteiger partial charge in [-0.05, 0) is 30.7 Å². The lowest BCUT2D eigenvalue weighted by atomic mass is 9.81. The predicted octanol–water partition coefficient (Wildman–Crippen LogP) is -1.15. The van der Waals surface area contributed by atoms with Crippen LogP contribution in [0.2, 0.25) is 0 Å². The summed E-state index contributed by atoms with van der Waals surface area (Å²) in [5, 5.41) is 70.9. The second-order valence-electron chi connectivity index (χ2n) is 9.73. The fourth-order valence-corrected chi connectivity index (χ4v) is 5.14. The highest BCUT2D eigenvalue weighted by Crippen LogP contribution is 2.49. The molecule has 7 N–H and O–H groups in total. The Labute approximate surface area is 216 Å². The van der Waals surface area contributed by atoms with Gasteiger partial charge >= 0.3 is 11.9 Å². The summed E-state index contributed by atoms with van der Waals surface area (Å²) in [6.45, 7) is 0.657. The van der Waals surface area contributed by atoms with Crippen LogP contribution in [0.4, 0.5) is 0 Å². The summed E-state index contributed by atoms with van der Waals surface area (Å²) < 4.78 is 22.2. The molecule has 0 aromatic heterocycles. The number of carboxylic acid groups (broad SMARTS) is 1. The average Bonchev–Trinajstić information content (AvgIpc) is 3.11. The zero-order valence-corrected chi connectivity index (χ0v) is 20.2. The zero-order valence-electron chi connectivity index (χ0n) is 20.2. The molecular weight excluding hydrogens is 508 g/mol. The van der Waals surface area contributed by atoms with Crippen molar-refractivity contribution >= 4 is 18.0 Å². The van der Waals surface area contributed by atoms with Crippen LogP contribution >= 0.6 is 0 Å². The summed E-state index contributed by atoms with van der Waals surface area (Å²) in [5.41, 5.74) is -1.35. The molecule has 0 bridgehead atoms. The maximum absolute atomic E-state index is 12.5. The molecule has 0 radical (unpaired) electrons. The lowest BCUT2D eigenvalue weighted by Crippen LogP contribution is -2.62. The van der Waals surface area contributed by atoms with E-state index >= 15 is 0 Å². The van der Waals surface area contributed by atoms with E-state index in [1.165, 1.54) is 37.3 Å². The van der Waals surface area contributed by atoms with Gasteiger partial charge in [-0.25, -0.2) is 9.59 Å². The minimum Gasteiger partial charge on any atom is -0.508 e. The van der Waals surface area contributed by atoms with Crippen molar-refractivity contribution in [2.45, 2.75) is 62.0 Å². The predicted molar refractivity (Wildman–Crippen MR) is 125 cm³/mol. The maximum Gasteiger partial charge on any atom is 0.335 e. The molecule has 2 aliphatic heterocycles. The van der Waals surface area contributed by atoms with Crippen LogP contribution in [-0.2, 0) is 28.5 Å². The standard InChI is InChI=1S/C25H30O13/c1-25(34)8-14(28)17-13(22(32)33)10-35-23(18(17)25)38-24-21(20(31)19(30)15(9-26)36-24)37-16(29)7-4-11-2-5-12(27)6-3-11/h2-7,10,14-15,17-21,23-24,26-28,30-31,34H,8-9H2,1H3,(H,32,33). The van der Waals surface area contributed by atoms with Gasteiger partial charge in [-0.2, -0.15) is 0 Å². The van der Waals surface area contributed by atoms with E-state index in [0.717, 1.165) is 12.3 Å². The first kappa shape index (κ1) is 28.0. The van der Waals surface area contributed by atoms with E-state index < -0.39 is 79.1 Å². The number of ether oxygens (including phenoxy) is 4. The van der Waals surface area contributed by atoms with Crippen molar-refractivity contribution < 1.29 is 64.3 Å². The summed E-state index contributed by atoms with van der Waals surface area (Å²) in [4.78, 5) is 24.2. The van der Waals surface area contributed by atoms with Crippen molar-refractivity contribution in [1.82, 2.24) is 0 Å². The number of aliphatic carboxylic acids is 1. The Balaban J connectivity index is 1.57. The molecule has 1 saturated carbocycles. The number of fused-ring (bicyclic) bond motifs is 1. The molecule has 1 aliphatic carbocycles. The fourth-order valence-electron chi connectivity index (χ4n) is 5.14. The average molecular weight is 539 g/mol. The van der Waals surface area contributed by atoms with Crippen molar-refractivity contribution in [2.24, 2.45) is 11.8 Å². The second-order valence-corrected chi connectivity index (χ2v) is 9.73. The van der Waals surface area contributed by atoms with Gasteiger partial charge in [0.25, 0.3) is 0 Å². The zero-order chi connectivity index (χ0) is 27.8. The Hall–Kier alpha value is -3.04. The van der Waals surface area contributed by atoms with Crippen molar-refractivity contribution in [3.63, 3.8) is 0 Å². The van der Waals surface area contributed by atoms with Crippen molar-refractivity contribution in [1.29, 1.82) is 0 Å². The van der Waals surface area contributed by atoms with E-state index in [0.29, 0.717) is 5.56 Å². The number of phenols is 1. The number of benzene rings is 1. The highest BCUT2D eigenvalue weighted by molar-refractivity contribution is 5.88. The fraction of sp³-hybridized carbons (Fsp3) is 0.520. The lowest BCUT2D eigenvalue weighted by Gasteiger charge is -2.44. The first-order valence-electron chi connectivity index (χ1n) is 11.9. The third kappa shape index (κ3) is 5.54. The van der Waals surface area contributed by atoms with Crippen molar-refractivity contribution in [3.05, 3.63) is 47.7 Å². The molecule has 13 heteroatoms. The van der Waals surface area contributed by atoms with Crippen LogP contribution in [0.25, 0.3) is 6.08 Å². The van der Waals surface area contributed by atoms with Crippen LogP contribution < -0.4 is 0 Å². The van der Waals surface area contributed by atoms with Crippen LogP contribution in [0.5, 0.6) is 5.75 Å². The molecule has 10 unspecified atom stereocenters. The summed E-state index contributed by atoms with van der Waals surface area (Å²) in [7, 11) is 0. The number of phenolic OH excluding ortho intramolecular Hbond substituents is 1. The van der Waals surface area contributed by atoms with Gasteiger partial charge in [-0.1, -0.05) is 12.1 Å². The monoisotopic (exact) mass is 538 g/mol. The minimum atomic E-state index is -1.77. The van der Waals surface area contributed by atoms with Gasteiger partial charge in [-0.3, -0.25) is 0 Å². The van der Waals surface area contributed by atoms with Crippen LogP contribution in [0.3, 0.4) is 0 Å². The highest BCUT2D eigenvalue weighted by Gasteiger charge is 2.59. The number of aliphatic hydroxyl groups excluding tert-OH is 4. The molecular formula is C25H30O13. The first-order valence-corrected chi connectivity index (χ1v) is 11.9. The number of rotatable bonds is 7. The van der Waals surface area contributed by atoms with Gasteiger partial charge in [0.15, 0.2) is 6.10 Å². The van der Waals surface area contributed by atoms with Crippen molar-refractivity contribution in [2.75, 3.05) is 6.61 Å². The lowest BCUT2D eigenvalue weighted by molar-refractivity contribution is -0.347. The molecule has 0 spiro atoms. The van der Waals surface area contributed by atoms with Crippen molar-refractivity contribution in [3.8, 4) is 5.75 Å². The Bertz CT molecular complexity index is 1080. The molecule has 38 heavy (non-hydrogen) atoms. The largest absolute Gasteiger partial charge is 0.508 e. The van der Waals surface area contributed by atoms with E-state index in [1.807, 2.05) is 0 Å². The molecule has 10 atom stereocenters. The topological polar surface area (TPSA) is 213 Å². The number of hydrogen-bond donors (Lipinski definition) is 7.